The van der Waals surface area contributed by atoms with Gasteiger partial charge in [0.1, 0.15) is 5.75 Å². The highest BCUT2D eigenvalue weighted by atomic mass is 16.4. The van der Waals surface area contributed by atoms with E-state index in [1.54, 1.807) is 6.07 Å². The van der Waals surface area contributed by atoms with Crippen molar-refractivity contribution in [2.24, 2.45) is 0 Å². The second kappa shape index (κ2) is 12.6. The number of aromatic hydroxyl groups is 1. The van der Waals surface area contributed by atoms with Gasteiger partial charge in [-0.05, 0) is 55.7 Å². The molecule has 0 radical (unpaired) electrons. The molecule has 4 rings (SSSR count). The first-order valence-electron chi connectivity index (χ1n) is 13.5. The Bertz CT molecular complexity index is 1140. The maximum absolute atomic E-state index is 13.6. The Morgan fingerprint density at radius 1 is 1.00 bits per heavy atom. The van der Waals surface area contributed by atoms with E-state index in [9.17, 15) is 14.7 Å². The van der Waals surface area contributed by atoms with Crippen molar-refractivity contribution in [2.75, 3.05) is 52.4 Å². The lowest BCUT2D eigenvalue weighted by Crippen LogP contribution is -2.57. The molecule has 2 N–H and O–H groups in total. The average Bonchev–Trinajstić information content (AvgIpc) is 3.12. The van der Waals surface area contributed by atoms with Crippen LogP contribution in [0.15, 0.2) is 61.2 Å². The number of phenolic OH excluding ortho intramolecular Hbond substituents is 1. The highest BCUT2D eigenvalue weighted by Crippen LogP contribution is 2.35. The van der Waals surface area contributed by atoms with Crippen molar-refractivity contribution < 1.29 is 19.8 Å². The zero-order valence-corrected chi connectivity index (χ0v) is 22.5. The second-order valence-electron chi connectivity index (χ2n) is 10.6. The Morgan fingerprint density at radius 2 is 1.74 bits per heavy atom. The highest BCUT2D eigenvalue weighted by Gasteiger charge is 2.35. The van der Waals surface area contributed by atoms with Gasteiger partial charge in [0.25, 0.3) is 5.91 Å². The molecule has 2 aromatic rings. The molecule has 38 heavy (non-hydrogen) atoms. The lowest BCUT2D eigenvalue weighted by Gasteiger charge is -2.47. The molecule has 2 saturated heterocycles. The molecule has 8 heteroatoms. The Labute approximate surface area is 225 Å². The molecule has 2 aromatic carbocycles. The normalized spacial score (nSPS) is 22.5. The standard InChI is InChI=1S/C30H40N4O4/c1-4-12-33-19-23(3)34(20-22(33)2)29(25-9-6-11-27(35)18-25)24-8-5-10-26(17-24)30(38)32-14-7-13-31(15-16-32)21-28(36)37/h4-6,8-11,17-18,22-23,29,35H,1,7,12-16,19-21H2,2-3H3,(H,36,37)/t22-,23+,29?/m1/s1. The van der Waals surface area contributed by atoms with Gasteiger partial charge < -0.3 is 15.1 Å². The number of carbonyl (C=O) groups excluding carboxylic acids is 1. The number of amides is 1. The van der Waals surface area contributed by atoms with Crippen LogP contribution in [-0.4, -0.2) is 106 Å². The first kappa shape index (κ1) is 27.8. The van der Waals surface area contributed by atoms with E-state index in [2.05, 4.69) is 36.3 Å². The number of hydrogen-bond donors (Lipinski definition) is 2. The molecule has 204 valence electrons. The van der Waals surface area contributed by atoms with Crippen molar-refractivity contribution in [3.63, 3.8) is 0 Å². The zero-order chi connectivity index (χ0) is 27.2. The SMILES string of the molecule is C=CCN1C[C@H](C)N(C(c2cccc(O)c2)c2cccc(C(=O)N3CCCN(CC(=O)O)CC3)c2)C[C@H]1C. The quantitative estimate of drug-likeness (QED) is 0.517. The van der Waals surface area contributed by atoms with E-state index in [1.807, 2.05) is 52.3 Å². The summed E-state index contributed by atoms with van der Waals surface area (Å²) in [7, 11) is 0. The fraction of sp³-hybridized carbons (Fsp3) is 0.467. The third-order valence-electron chi connectivity index (χ3n) is 7.73. The van der Waals surface area contributed by atoms with Crippen molar-refractivity contribution in [2.45, 2.75) is 38.4 Å². The number of aliphatic carboxylic acids is 1. The number of hydrogen-bond acceptors (Lipinski definition) is 6. The molecule has 1 unspecified atom stereocenters. The van der Waals surface area contributed by atoms with E-state index in [1.165, 1.54) is 0 Å². The van der Waals surface area contributed by atoms with Crippen molar-refractivity contribution in [1.82, 2.24) is 19.6 Å². The first-order chi connectivity index (χ1) is 18.3. The number of phenols is 1. The Morgan fingerprint density at radius 3 is 2.45 bits per heavy atom. The fourth-order valence-electron chi connectivity index (χ4n) is 5.82. The van der Waals surface area contributed by atoms with Gasteiger partial charge in [0.15, 0.2) is 0 Å². The number of carbonyl (C=O) groups is 2. The number of benzene rings is 2. The summed E-state index contributed by atoms with van der Waals surface area (Å²) in [6, 6.07) is 15.7. The van der Waals surface area contributed by atoms with Crippen LogP contribution in [0.25, 0.3) is 0 Å². The zero-order valence-electron chi connectivity index (χ0n) is 22.5. The van der Waals surface area contributed by atoms with Gasteiger partial charge in [-0.2, -0.15) is 0 Å². The molecule has 2 aliphatic rings. The van der Waals surface area contributed by atoms with Crippen molar-refractivity contribution >= 4 is 11.9 Å². The van der Waals surface area contributed by atoms with Crippen LogP contribution in [0.5, 0.6) is 5.75 Å². The molecular weight excluding hydrogens is 480 g/mol. The first-order valence-corrected chi connectivity index (χ1v) is 13.5. The molecule has 2 heterocycles. The predicted molar refractivity (Wildman–Crippen MR) is 148 cm³/mol. The molecule has 2 fully saturated rings. The summed E-state index contributed by atoms with van der Waals surface area (Å²) < 4.78 is 0. The minimum absolute atomic E-state index is 0.000212. The number of piperazine rings is 1. The molecule has 0 spiro atoms. The number of nitrogens with zero attached hydrogens (tertiary/aromatic N) is 4. The lowest BCUT2D eigenvalue weighted by molar-refractivity contribution is -0.138. The monoisotopic (exact) mass is 520 g/mol. The Hall–Kier alpha value is -3.20. The summed E-state index contributed by atoms with van der Waals surface area (Å²) in [5.41, 5.74) is 2.63. The maximum Gasteiger partial charge on any atom is 0.317 e. The largest absolute Gasteiger partial charge is 0.508 e. The van der Waals surface area contributed by atoms with Crippen LogP contribution < -0.4 is 0 Å². The molecule has 0 saturated carbocycles. The van der Waals surface area contributed by atoms with Crippen LogP contribution in [0.4, 0.5) is 0 Å². The van der Waals surface area contributed by atoms with Crippen molar-refractivity contribution in [3.05, 3.63) is 77.9 Å². The summed E-state index contributed by atoms with van der Waals surface area (Å²) in [6.07, 6.45) is 2.69. The van der Waals surface area contributed by atoms with E-state index in [-0.39, 0.29) is 30.3 Å². The topological polar surface area (TPSA) is 87.6 Å². The van der Waals surface area contributed by atoms with E-state index in [4.69, 9.17) is 5.11 Å². The van der Waals surface area contributed by atoms with Gasteiger partial charge in [-0.1, -0.05) is 30.3 Å². The van der Waals surface area contributed by atoms with Crippen LogP contribution in [0.2, 0.25) is 0 Å². The number of carboxylic acids is 1. The van der Waals surface area contributed by atoms with Crippen LogP contribution in [-0.2, 0) is 4.79 Å². The summed E-state index contributed by atoms with van der Waals surface area (Å²) in [5, 5.41) is 19.5. The number of carboxylic acid groups (broad SMARTS) is 1. The minimum atomic E-state index is -0.843. The summed E-state index contributed by atoms with van der Waals surface area (Å²) in [5.74, 6) is -0.651. The predicted octanol–water partition coefficient (Wildman–Crippen LogP) is 3.29. The molecule has 0 bridgehead atoms. The van der Waals surface area contributed by atoms with Gasteiger partial charge in [0.2, 0.25) is 0 Å². The smallest absolute Gasteiger partial charge is 0.317 e. The maximum atomic E-state index is 13.6. The van der Waals surface area contributed by atoms with Gasteiger partial charge in [-0.3, -0.25) is 24.3 Å². The summed E-state index contributed by atoms with van der Waals surface area (Å²) >= 11 is 0. The molecular formula is C30H40N4O4. The van der Waals surface area contributed by atoms with E-state index < -0.39 is 5.97 Å². The third-order valence-corrected chi connectivity index (χ3v) is 7.73. The fourth-order valence-corrected chi connectivity index (χ4v) is 5.82. The molecule has 1 amide bonds. The Balaban J connectivity index is 1.61. The molecule has 0 aromatic heterocycles. The van der Waals surface area contributed by atoms with E-state index in [0.717, 1.165) is 37.2 Å². The van der Waals surface area contributed by atoms with Crippen LogP contribution in [0.1, 0.15) is 47.8 Å². The van der Waals surface area contributed by atoms with Gasteiger partial charge in [0.05, 0.1) is 12.6 Å². The molecule has 8 nitrogen and oxygen atoms in total. The average molecular weight is 521 g/mol. The van der Waals surface area contributed by atoms with Crippen LogP contribution in [0.3, 0.4) is 0 Å². The van der Waals surface area contributed by atoms with Crippen LogP contribution in [0, 0.1) is 0 Å². The van der Waals surface area contributed by atoms with Gasteiger partial charge in [0, 0.05) is 63.5 Å². The lowest BCUT2D eigenvalue weighted by atomic mass is 9.92. The number of rotatable bonds is 8. The third kappa shape index (κ3) is 6.62. The second-order valence-corrected chi connectivity index (χ2v) is 10.6. The van der Waals surface area contributed by atoms with Crippen LogP contribution >= 0.6 is 0 Å². The van der Waals surface area contributed by atoms with Crippen molar-refractivity contribution in [1.29, 1.82) is 0 Å². The van der Waals surface area contributed by atoms with Crippen molar-refractivity contribution in [3.8, 4) is 5.75 Å². The molecule has 2 aliphatic heterocycles. The minimum Gasteiger partial charge on any atom is -0.508 e. The van der Waals surface area contributed by atoms with E-state index >= 15 is 0 Å². The Kier molecular flexibility index (Phi) is 9.20. The summed E-state index contributed by atoms with van der Waals surface area (Å²) in [6.45, 7) is 13.3. The summed E-state index contributed by atoms with van der Waals surface area (Å²) in [4.78, 5) is 33.3. The van der Waals surface area contributed by atoms with Gasteiger partial charge in [-0.25, -0.2) is 0 Å². The van der Waals surface area contributed by atoms with Gasteiger partial charge in [-0.15, -0.1) is 6.58 Å². The molecule has 0 aliphatic carbocycles. The highest BCUT2D eigenvalue weighted by molar-refractivity contribution is 5.94. The van der Waals surface area contributed by atoms with E-state index in [0.29, 0.717) is 37.8 Å². The van der Waals surface area contributed by atoms with Gasteiger partial charge >= 0.3 is 5.97 Å². The molecule has 3 atom stereocenters.